The Morgan fingerprint density at radius 3 is 2.50 bits per heavy atom. The molecule has 0 bridgehead atoms. The van der Waals surface area contributed by atoms with Crippen LogP contribution in [0.3, 0.4) is 0 Å². The fraction of sp³-hybridized carbons (Fsp3) is 0.640. The minimum Gasteiger partial charge on any atom is -0.372 e. The number of hydrogen-bond donors (Lipinski definition) is 3. The maximum absolute atomic E-state index is 13.9. The number of aliphatic hydroxyl groups is 1. The highest BCUT2D eigenvalue weighted by Crippen LogP contribution is 2.43. The Morgan fingerprint density at radius 1 is 1.18 bits per heavy atom. The smallest absolute Gasteiger partial charge is 0.372 e. The van der Waals surface area contributed by atoms with E-state index in [1.54, 1.807) is 19.2 Å². The van der Waals surface area contributed by atoms with Crippen molar-refractivity contribution >= 4 is 11.6 Å². The molecule has 0 saturated heterocycles. The predicted molar refractivity (Wildman–Crippen MR) is 129 cm³/mol. The van der Waals surface area contributed by atoms with Gasteiger partial charge in [0.25, 0.3) is 0 Å². The van der Waals surface area contributed by atoms with Crippen LogP contribution in [-0.2, 0) is 4.79 Å². The molecule has 0 aliphatic heterocycles. The van der Waals surface area contributed by atoms with Crippen LogP contribution in [0.25, 0.3) is 5.65 Å². The highest BCUT2D eigenvalue weighted by molar-refractivity contribution is 5.76. The molecule has 3 aromatic rings. The van der Waals surface area contributed by atoms with Gasteiger partial charge in [0, 0.05) is 19.3 Å². The van der Waals surface area contributed by atoms with Crippen molar-refractivity contribution < 1.29 is 36.5 Å². The average molecular weight is 572 g/mol. The number of aryl methyl sites for hydroxylation is 1. The topological polar surface area (TPSA) is 130 Å². The van der Waals surface area contributed by atoms with Crippen molar-refractivity contribution in [1.29, 1.82) is 0 Å². The van der Waals surface area contributed by atoms with Crippen LogP contribution in [0.4, 0.5) is 22.0 Å². The Bertz CT molecular complexity index is 1330. The van der Waals surface area contributed by atoms with Crippen LogP contribution in [0.5, 0.6) is 0 Å². The van der Waals surface area contributed by atoms with Gasteiger partial charge >= 0.3 is 6.18 Å². The molecule has 2 aliphatic carbocycles. The van der Waals surface area contributed by atoms with Gasteiger partial charge in [0.1, 0.15) is 5.69 Å². The predicted octanol–water partition coefficient (Wildman–Crippen LogP) is 4.48. The van der Waals surface area contributed by atoms with Crippen LogP contribution in [0, 0.1) is 18.8 Å². The van der Waals surface area contributed by atoms with E-state index in [1.165, 1.54) is 10.7 Å². The van der Waals surface area contributed by atoms with Crippen LogP contribution < -0.4 is 10.6 Å². The molecule has 218 valence electrons. The monoisotopic (exact) mass is 571 g/mol. The van der Waals surface area contributed by atoms with E-state index in [0.29, 0.717) is 22.6 Å². The van der Waals surface area contributed by atoms with Gasteiger partial charge in [0.05, 0.1) is 36.6 Å². The highest BCUT2D eigenvalue weighted by atomic mass is 19.4. The first-order chi connectivity index (χ1) is 18.9. The fourth-order valence-electron chi connectivity index (χ4n) is 5.23. The van der Waals surface area contributed by atoms with E-state index in [9.17, 15) is 31.9 Å². The van der Waals surface area contributed by atoms with Gasteiger partial charge in [-0.1, -0.05) is 10.3 Å². The molecule has 0 radical (unpaired) electrons. The van der Waals surface area contributed by atoms with Gasteiger partial charge in [0.2, 0.25) is 11.8 Å². The van der Waals surface area contributed by atoms with E-state index in [1.807, 2.05) is 0 Å². The first kappa shape index (κ1) is 28.3. The fourth-order valence-corrected chi connectivity index (χ4v) is 5.23. The average Bonchev–Trinajstić information content (AvgIpc) is 3.49. The molecule has 3 heterocycles. The summed E-state index contributed by atoms with van der Waals surface area (Å²) < 4.78 is 71.7. The Hall–Kier alpha value is -3.20. The van der Waals surface area contributed by atoms with E-state index < -0.39 is 49.2 Å². The van der Waals surface area contributed by atoms with Crippen LogP contribution >= 0.6 is 0 Å². The van der Waals surface area contributed by atoms with E-state index in [4.69, 9.17) is 0 Å². The number of nitrogens with one attached hydrogen (secondary N) is 2. The van der Waals surface area contributed by atoms with Gasteiger partial charge in [0.15, 0.2) is 17.6 Å². The first-order valence-corrected chi connectivity index (χ1v) is 13.2. The van der Waals surface area contributed by atoms with Crippen molar-refractivity contribution in [3.05, 3.63) is 41.1 Å². The minimum absolute atomic E-state index is 0.0845. The van der Waals surface area contributed by atoms with Crippen molar-refractivity contribution in [2.75, 3.05) is 0 Å². The molecular weight excluding hydrogens is 541 g/mol. The normalized spacial score (nSPS) is 20.4. The maximum atomic E-state index is 13.9. The maximum Gasteiger partial charge on any atom is 0.389 e. The molecule has 3 atom stereocenters. The van der Waals surface area contributed by atoms with Crippen molar-refractivity contribution in [3.63, 3.8) is 0 Å². The van der Waals surface area contributed by atoms with Crippen LogP contribution in [0.15, 0.2) is 23.1 Å². The number of fused-ring (bicyclic) bond motifs is 1. The zero-order valence-corrected chi connectivity index (χ0v) is 21.7. The second-order valence-electron chi connectivity index (χ2n) is 10.7. The molecule has 2 fully saturated rings. The van der Waals surface area contributed by atoms with Crippen molar-refractivity contribution in [3.8, 4) is 0 Å². The molecule has 10 nitrogen and oxygen atoms in total. The molecule has 3 N–H and O–H groups in total. The molecule has 3 aromatic heterocycles. The molecule has 0 aromatic carbocycles. The summed E-state index contributed by atoms with van der Waals surface area (Å²) in [6.07, 6.45) is -2.93. The van der Waals surface area contributed by atoms with Gasteiger partial charge in [-0.3, -0.25) is 10.1 Å². The molecule has 40 heavy (non-hydrogen) atoms. The summed E-state index contributed by atoms with van der Waals surface area (Å²) in [7, 11) is 0. The summed E-state index contributed by atoms with van der Waals surface area (Å²) in [5.74, 6) is -3.63. The van der Waals surface area contributed by atoms with E-state index in [-0.39, 0.29) is 43.2 Å². The third-order valence-corrected chi connectivity index (χ3v) is 7.60. The zero-order chi connectivity index (χ0) is 28.7. The molecule has 2 saturated carbocycles. The number of alkyl halides is 5. The number of amides is 1. The molecule has 15 heteroatoms. The van der Waals surface area contributed by atoms with E-state index in [0.717, 1.165) is 12.8 Å². The summed E-state index contributed by atoms with van der Waals surface area (Å²) in [6.45, 7) is 1.61. The Balaban J connectivity index is 1.39. The SMILES string of the molecule is Cc1nonc1C(O)N[C@H](c1cn2ncc([C@H](NC(=O)CCC(F)(F)F)C3CC3)cc2n1)C1CCC(F)(F)CC1. The van der Waals surface area contributed by atoms with Gasteiger partial charge in [-0.25, -0.2) is 22.9 Å². The van der Waals surface area contributed by atoms with Gasteiger partial charge in [-0.2, -0.15) is 18.3 Å². The van der Waals surface area contributed by atoms with Crippen molar-refractivity contribution in [2.45, 2.75) is 88.7 Å². The second-order valence-corrected chi connectivity index (χ2v) is 10.7. The largest absolute Gasteiger partial charge is 0.389 e. The third kappa shape index (κ3) is 6.74. The van der Waals surface area contributed by atoms with Crippen LogP contribution in [0.1, 0.15) is 92.3 Å². The van der Waals surface area contributed by atoms with E-state index in [2.05, 4.69) is 35.7 Å². The zero-order valence-electron chi connectivity index (χ0n) is 21.7. The lowest BCUT2D eigenvalue weighted by atomic mass is 9.81. The standard InChI is InChI=1S/C25H30F5N7O3/c1-13-20(36-40-35-13)23(39)34-22(15-4-7-24(26,27)8-5-15)17-12-37-18(32-17)10-16(11-31-37)21(14-2-3-14)33-19(38)6-9-25(28,29)30/h10-12,14-15,21-23,34,39H,2-9H2,1H3,(H,33,38)/t21-,22+,23?/m1/s1. The quantitative estimate of drug-likeness (QED) is 0.240. The molecule has 5 rings (SSSR count). The summed E-state index contributed by atoms with van der Waals surface area (Å²) in [6, 6.07) is 0.573. The van der Waals surface area contributed by atoms with Gasteiger partial charge in [-0.15, -0.1) is 0 Å². The highest BCUT2D eigenvalue weighted by Gasteiger charge is 2.40. The summed E-state index contributed by atoms with van der Waals surface area (Å²) in [5, 5.41) is 28.4. The Morgan fingerprint density at radius 2 is 1.88 bits per heavy atom. The summed E-state index contributed by atoms with van der Waals surface area (Å²) >= 11 is 0. The lowest BCUT2D eigenvalue weighted by molar-refractivity contribution is -0.144. The molecule has 0 spiro atoms. The number of aromatic nitrogens is 5. The number of nitrogens with zero attached hydrogens (tertiary/aromatic N) is 5. The Kier molecular flexibility index (Phi) is 7.79. The number of halogens is 5. The first-order valence-electron chi connectivity index (χ1n) is 13.2. The lowest BCUT2D eigenvalue weighted by Crippen LogP contribution is -2.36. The van der Waals surface area contributed by atoms with Gasteiger partial charge < -0.3 is 10.4 Å². The Labute approximate surface area is 225 Å². The number of hydrogen-bond acceptors (Lipinski definition) is 8. The van der Waals surface area contributed by atoms with Gasteiger partial charge in [-0.05, 0) is 56.1 Å². The number of aliphatic hydroxyl groups excluding tert-OH is 1. The van der Waals surface area contributed by atoms with Crippen LogP contribution in [0.2, 0.25) is 0 Å². The third-order valence-electron chi connectivity index (χ3n) is 7.60. The van der Waals surface area contributed by atoms with Crippen LogP contribution in [-0.4, -0.2) is 48.0 Å². The number of carbonyl (C=O) groups excluding carboxylic acids is 1. The number of carbonyl (C=O) groups is 1. The molecule has 2 aliphatic rings. The molecule has 1 unspecified atom stereocenters. The lowest BCUT2D eigenvalue weighted by Gasteiger charge is -2.34. The molecular formula is C25H30F5N7O3. The minimum atomic E-state index is -4.42. The number of rotatable bonds is 10. The molecule has 1 amide bonds. The summed E-state index contributed by atoms with van der Waals surface area (Å²) in [4.78, 5) is 16.9. The van der Waals surface area contributed by atoms with E-state index >= 15 is 0 Å². The van der Waals surface area contributed by atoms with Crippen molar-refractivity contribution in [2.24, 2.45) is 11.8 Å². The second kappa shape index (κ2) is 11.0. The summed E-state index contributed by atoms with van der Waals surface area (Å²) in [5.41, 5.74) is 2.02. The van der Waals surface area contributed by atoms with Crippen molar-refractivity contribution in [1.82, 2.24) is 35.5 Å². The number of imidazole rings is 1.